The van der Waals surface area contributed by atoms with Gasteiger partial charge in [-0.15, -0.1) is 0 Å². The van der Waals surface area contributed by atoms with E-state index in [2.05, 4.69) is 0 Å². The van der Waals surface area contributed by atoms with Crippen molar-refractivity contribution in [3.05, 3.63) is 83.9 Å². The van der Waals surface area contributed by atoms with Gasteiger partial charge >= 0.3 is 0 Å². The second-order valence-electron chi connectivity index (χ2n) is 6.19. The molecule has 120 valence electrons. The van der Waals surface area contributed by atoms with Gasteiger partial charge in [0.15, 0.2) is 0 Å². The normalized spacial score (nSPS) is 13.4. The molecule has 0 aromatic heterocycles. The van der Waals surface area contributed by atoms with E-state index in [4.69, 9.17) is 0 Å². The van der Waals surface area contributed by atoms with Crippen molar-refractivity contribution in [3.63, 3.8) is 0 Å². The van der Waals surface area contributed by atoms with E-state index in [0.29, 0.717) is 12.8 Å². The van der Waals surface area contributed by atoms with Crippen LogP contribution in [-0.4, -0.2) is 12.1 Å². The number of benzene rings is 3. The lowest BCUT2D eigenvalue weighted by Gasteiger charge is -2.26. The summed E-state index contributed by atoms with van der Waals surface area (Å²) in [4.78, 5) is 24.4. The molecule has 24 heavy (non-hydrogen) atoms. The number of hydrogen-bond donors (Lipinski definition) is 0. The molecular weight excluding hydrogens is 296 g/mol. The van der Waals surface area contributed by atoms with E-state index < -0.39 is 5.41 Å². The molecule has 0 amide bonds. The fraction of sp³-hybridized carbons (Fsp3) is 0.182. The molecule has 3 rings (SSSR count). The van der Waals surface area contributed by atoms with Crippen LogP contribution in [0.4, 0.5) is 0 Å². The minimum Gasteiger partial charge on any atom is -0.302 e. The van der Waals surface area contributed by atoms with Gasteiger partial charge < -0.3 is 4.79 Å². The van der Waals surface area contributed by atoms with E-state index in [0.717, 1.165) is 28.2 Å². The minimum absolute atomic E-state index is 0.108. The third-order valence-electron chi connectivity index (χ3n) is 4.74. The zero-order valence-corrected chi connectivity index (χ0v) is 13.7. The van der Waals surface area contributed by atoms with Crippen LogP contribution in [0, 0.1) is 0 Å². The maximum Gasteiger partial charge on any atom is 0.147 e. The number of fused-ring (bicyclic) bond motifs is 1. The molecule has 2 nitrogen and oxygen atoms in total. The van der Waals surface area contributed by atoms with Crippen molar-refractivity contribution in [2.24, 2.45) is 0 Å². The Morgan fingerprint density at radius 2 is 1.58 bits per heavy atom. The van der Waals surface area contributed by atoms with Gasteiger partial charge in [0, 0.05) is 0 Å². The lowest BCUT2D eigenvalue weighted by Crippen LogP contribution is -2.36. The average molecular weight is 316 g/mol. The first-order valence-electron chi connectivity index (χ1n) is 8.16. The second kappa shape index (κ2) is 6.79. The largest absolute Gasteiger partial charge is 0.302 e. The summed E-state index contributed by atoms with van der Waals surface area (Å²) in [6.07, 6.45) is 1.99. The molecule has 0 heterocycles. The lowest BCUT2D eigenvalue weighted by molar-refractivity contribution is -0.128. The van der Waals surface area contributed by atoms with Crippen LogP contribution in [0.15, 0.2) is 72.8 Å². The van der Waals surface area contributed by atoms with E-state index >= 15 is 0 Å². The predicted molar refractivity (Wildman–Crippen MR) is 97.1 cm³/mol. The van der Waals surface area contributed by atoms with Crippen molar-refractivity contribution in [2.75, 3.05) is 0 Å². The molecule has 0 aliphatic heterocycles. The summed E-state index contributed by atoms with van der Waals surface area (Å²) in [7, 11) is 0. The number of Topliss-reactive ketones (excluding diaryl/α,β-unsaturated/α-hetero) is 1. The minimum atomic E-state index is -1.08. The van der Waals surface area contributed by atoms with Gasteiger partial charge in [-0.3, -0.25) is 4.79 Å². The highest BCUT2D eigenvalue weighted by atomic mass is 16.1. The van der Waals surface area contributed by atoms with Gasteiger partial charge in [-0.05, 0) is 47.7 Å². The van der Waals surface area contributed by atoms with Gasteiger partial charge in [0.25, 0.3) is 0 Å². The standard InChI is InChI=1S/C22H20O2/c1-17(24)22(16-23,14-13-18-7-3-2-4-8-18)21-12-11-19-9-5-6-10-20(19)15-21/h2-12,15-16H,13-14H2,1H3. The zero-order chi connectivity index (χ0) is 17.0. The number of aldehydes is 1. The van der Waals surface area contributed by atoms with Gasteiger partial charge in [0.1, 0.15) is 17.5 Å². The average Bonchev–Trinajstić information content (AvgIpc) is 2.63. The van der Waals surface area contributed by atoms with Crippen molar-refractivity contribution in [2.45, 2.75) is 25.2 Å². The number of carbonyl (C=O) groups excluding carboxylic acids is 2. The highest BCUT2D eigenvalue weighted by Crippen LogP contribution is 2.31. The number of carbonyl (C=O) groups is 2. The first kappa shape index (κ1) is 16.1. The molecule has 1 unspecified atom stereocenters. The Kier molecular flexibility index (Phi) is 4.57. The quantitative estimate of drug-likeness (QED) is 0.496. The number of rotatable bonds is 6. The Labute approximate surface area is 142 Å². The molecule has 0 bridgehead atoms. The molecule has 0 aliphatic carbocycles. The molecule has 3 aromatic carbocycles. The van der Waals surface area contributed by atoms with Gasteiger partial charge in [-0.25, -0.2) is 0 Å². The Morgan fingerprint density at radius 1 is 0.917 bits per heavy atom. The summed E-state index contributed by atoms with van der Waals surface area (Å²) in [5, 5.41) is 2.15. The Balaban J connectivity index is 2.00. The third kappa shape index (κ3) is 3.00. The van der Waals surface area contributed by atoms with Gasteiger partial charge in [-0.2, -0.15) is 0 Å². The van der Waals surface area contributed by atoms with Crippen LogP contribution < -0.4 is 0 Å². The van der Waals surface area contributed by atoms with Gasteiger partial charge in [0.05, 0.1) is 0 Å². The SMILES string of the molecule is CC(=O)C(C=O)(CCc1ccccc1)c1ccc2ccccc2c1. The Hall–Kier alpha value is -2.74. The topological polar surface area (TPSA) is 34.1 Å². The van der Waals surface area contributed by atoms with Crippen LogP contribution in [0.1, 0.15) is 24.5 Å². The molecule has 0 fully saturated rings. The molecule has 0 saturated heterocycles. The highest BCUT2D eigenvalue weighted by Gasteiger charge is 2.37. The van der Waals surface area contributed by atoms with Crippen molar-refractivity contribution in [3.8, 4) is 0 Å². The molecule has 2 heteroatoms. The van der Waals surface area contributed by atoms with Crippen molar-refractivity contribution < 1.29 is 9.59 Å². The number of hydrogen-bond acceptors (Lipinski definition) is 2. The van der Waals surface area contributed by atoms with Gasteiger partial charge in [0.2, 0.25) is 0 Å². The molecule has 0 saturated carbocycles. The summed E-state index contributed by atoms with van der Waals surface area (Å²) < 4.78 is 0. The summed E-state index contributed by atoms with van der Waals surface area (Å²) in [6, 6.07) is 23.8. The number of aryl methyl sites for hydroxylation is 1. The van der Waals surface area contributed by atoms with Crippen LogP contribution in [-0.2, 0) is 21.4 Å². The predicted octanol–water partition coefficient (Wildman–Crippen LogP) is 4.50. The Morgan fingerprint density at radius 3 is 2.25 bits per heavy atom. The maximum absolute atomic E-state index is 12.4. The third-order valence-corrected chi connectivity index (χ3v) is 4.74. The zero-order valence-electron chi connectivity index (χ0n) is 13.7. The molecule has 0 aliphatic rings. The lowest BCUT2D eigenvalue weighted by atomic mass is 9.74. The summed E-state index contributed by atoms with van der Waals surface area (Å²) >= 11 is 0. The summed E-state index contributed by atoms with van der Waals surface area (Å²) in [6.45, 7) is 1.51. The first-order chi connectivity index (χ1) is 11.7. The fourth-order valence-corrected chi connectivity index (χ4v) is 3.19. The van der Waals surface area contributed by atoms with Crippen molar-refractivity contribution >= 4 is 22.8 Å². The van der Waals surface area contributed by atoms with Crippen molar-refractivity contribution in [1.29, 1.82) is 0 Å². The van der Waals surface area contributed by atoms with E-state index in [1.54, 1.807) is 0 Å². The molecule has 0 spiro atoms. The molecule has 0 N–H and O–H groups in total. The highest BCUT2D eigenvalue weighted by molar-refractivity contribution is 6.04. The number of ketones is 1. The van der Waals surface area contributed by atoms with Crippen LogP contribution in [0.3, 0.4) is 0 Å². The monoisotopic (exact) mass is 316 g/mol. The summed E-state index contributed by atoms with van der Waals surface area (Å²) in [5.41, 5.74) is 0.824. The smallest absolute Gasteiger partial charge is 0.147 e. The van der Waals surface area contributed by atoms with Gasteiger partial charge in [-0.1, -0.05) is 66.7 Å². The molecule has 0 radical (unpaired) electrons. The van der Waals surface area contributed by atoms with Crippen LogP contribution in [0.25, 0.3) is 10.8 Å². The van der Waals surface area contributed by atoms with E-state index in [-0.39, 0.29) is 5.78 Å². The first-order valence-corrected chi connectivity index (χ1v) is 8.16. The maximum atomic E-state index is 12.4. The fourth-order valence-electron chi connectivity index (χ4n) is 3.19. The summed E-state index contributed by atoms with van der Waals surface area (Å²) in [5.74, 6) is -0.108. The second-order valence-corrected chi connectivity index (χ2v) is 6.19. The van der Waals surface area contributed by atoms with Crippen LogP contribution >= 0.6 is 0 Å². The van der Waals surface area contributed by atoms with Crippen LogP contribution in [0.5, 0.6) is 0 Å². The van der Waals surface area contributed by atoms with E-state index in [1.807, 2.05) is 72.8 Å². The molecule has 3 aromatic rings. The molecular formula is C22H20O2. The van der Waals surface area contributed by atoms with E-state index in [1.165, 1.54) is 6.92 Å². The Bertz CT molecular complexity index is 867. The van der Waals surface area contributed by atoms with E-state index in [9.17, 15) is 9.59 Å². The van der Waals surface area contributed by atoms with Crippen LogP contribution in [0.2, 0.25) is 0 Å². The van der Waals surface area contributed by atoms with Crippen molar-refractivity contribution in [1.82, 2.24) is 0 Å². The molecule has 1 atom stereocenters.